The van der Waals surface area contributed by atoms with Gasteiger partial charge >= 0.3 is 0 Å². The first kappa shape index (κ1) is 16.9. The Morgan fingerprint density at radius 3 is 2.58 bits per heavy atom. The summed E-state index contributed by atoms with van der Waals surface area (Å²) in [4.78, 5) is 27.0. The van der Waals surface area contributed by atoms with E-state index in [-0.39, 0.29) is 12.2 Å². The van der Waals surface area contributed by atoms with Crippen LogP contribution in [-0.4, -0.2) is 23.3 Å². The van der Waals surface area contributed by atoms with Crippen LogP contribution < -0.4 is 4.90 Å². The molecular formula is C19H18BrNO3. The lowest BCUT2D eigenvalue weighted by Crippen LogP contribution is -2.42. The summed E-state index contributed by atoms with van der Waals surface area (Å²) in [5, 5.41) is 11.1. The van der Waals surface area contributed by atoms with Crippen LogP contribution in [0.3, 0.4) is 0 Å². The molecule has 0 aromatic heterocycles. The summed E-state index contributed by atoms with van der Waals surface area (Å²) in [7, 11) is 0. The van der Waals surface area contributed by atoms with Gasteiger partial charge in [-0.2, -0.15) is 0 Å². The molecule has 1 atom stereocenters. The van der Waals surface area contributed by atoms with Gasteiger partial charge in [0.2, 0.25) is 0 Å². The number of benzene rings is 2. The van der Waals surface area contributed by atoms with Crippen LogP contribution in [-0.2, 0) is 10.4 Å². The van der Waals surface area contributed by atoms with Crippen molar-refractivity contribution < 1.29 is 14.7 Å². The molecule has 0 saturated heterocycles. The van der Waals surface area contributed by atoms with E-state index >= 15 is 0 Å². The Morgan fingerprint density at radius 1 is 1.21 bits per heavy atom. The maximum atomic E-state index is 12.9. The van der Waals surface area contributed by atoms with E-state index in [1.165, 1.54) is 0 Å². The van der Waals surface area contributed by atoms with Gasteiger partial charge in [0.05, 0.1) is 12.1 Å². The minimum Gasteiger partial charge on any atom is -0.375 e. The molecule has 2 aromatic carbocycles. The highest BCUT2D eigenvalue weighted by atomic mass is 79.9. The molecule has 1 aliphatic heterocycles. The van der Waals surface area contributed by atoms with Crippen LogP contribution in [0.4, 0.5) is 5.69 Å². The summed E-state index contributed by atoms with van der Waals surface area (Å²) in [5.41, 5.74) is -0.168. The standard InChI is InChI=1S/C19H18BrNO3/c1-2-10-21-16-9-8-14(20)11-15(16)19(24,18(21)23)12-17(22)13-6-4-3-5-7-13/h3-9,11,24H,2,10,12H2,1H3/t19-/m1/s1. The third-order valence-electron chi connectivity index (χ3n) is 4.25. The second-order valence-electron chi connectivity index (χ2n) is 5.94. The Bertz CT molecular complexity index is 790. The van der Waals surface area contributed by atoms with Gasteiger partial charge in [-0.15, -0.1) is 0 Å². The van der Waals surface area contributed by atoms with Crippen LogP contribution in [0.1, 0.15) is 35.7 Å². The van der Waals surface area contributed by atoms with E-state index < -0.39 is 11.5 Å². The highest BCUT2D eigenvalue weighted by Gasteiger charge is 2.50. The number of nitrogens with zero attached hydrogens (tertiary/aromatic N) is 1. The van der Waals surface area contributed by atoms with E-state index in [0.717, 1.165) is 10.9 Å². The van der Waals surface area contributed by atoms with Gasteiger partial charge in [0, 0.05) is 22.1 Å². The molecule has 124 valence electrons. The van der Waals surface area contributed by atoms with Gasteiger partial charge in [0.1, 0.15) is 0 Å². The Hall–Kier alpha value is -1.98. The van der Waals surface area contributed by atoms with Gasteiger partial charge in [0.25, 0.3) is 5.91 Å². The lowest BCUT2D eigenvalue weighted by atomic mass is 9.88. The first-order chi connectivity index (χ1) is 11.5. The summed E-state index contributed by atoms with van der Waals surface area (Å²) in [5.74, 6) is -0.683. The smallest absolute Gasteiger partial charge is 0.264 e. The van der Waals surface area contributed by atoms with E-state index in [0.29, 0.717) is 23.4 Å². The Kier molecular flexibility index (Phi) is 4.56. The summed E-state index contributed by atoms with van der Waals surface area (Å²) < 4.78 is 0.762. The van der Waals surface area contributed by atoms with Gasteiger partial charge in [-0.05, 0) is 24.6 Å². The Balaban J connectivity index is 2.01. The number of anilines is 1. The zero-order valence-electron chi connectivity index (χ0n) is 13.3. The highest BCUT2D eigenvalue weighted by Crippen LogP contribution is 2.44. The zero-order valence-corrected chi connectivity index (χ0v) is 14.9. The van der Waals surface area contributed by atoms with Crippen molar-refractivity contribution in [2.24, 2.45) is 0 Å². The predicted octanol–water partition coefficient (Wildman–Crippen LogP) is 3.67. The molecule has 1 heterocycles. The molecule has 24 heavy (non-hydrogen) atoms. The van der Waals surface area contributed by atoms with Crippen LogP contribution in [0.15, 0.2) is 53.0 Å². The molecule has 4 nitrogen and oxygen atoms in total. The molecule has 0 spiro atoms. The highest BCUT2D eigenvalue weighted by molar-refractivity contribution is 9.10. The molecule has 0 fully saturated rings. The number of hydrogen-bond acceptors (Lipinski definition) is 3. The first-order valence-electron chi connectivity index (χ1n) is 7.90. The number of aliphatic hydroxyl groups is 1. The number of ketones is 1. The normalized spacial score (nSPS) is 19.5. The van der Waals surface area contributed by atoms with Crippen molar-refractivity contribution in [3.8, 4) is 0 Å². The minimum absolute atomic E-state index is 0.254. The SMILES string of the molecule is CCCN1C(=O)[C@@](O)(CC(=O)c2ccccc2)c2cc(Br)ccc21. The Labute approximate surface area is 149 Å². The van der Waals surface area contributed by atoms with E-state index in [1.807, 2.05) is 19.1 Å². The van der Waals surface area contributed by atoms with Crippen molar-refractivity contribution in [1.29, 1.82) is 0 Å². The number of carbonyl (C=O) groups is 2. The van der Waals surface area contributed by atoms with Gasteiger partial charge < -0.3 is 10.0 Å². The number of Topliss-reactive ketones (excluding diaryl/α,β-unsaturated/α-hetero) is 1. The maximum absolute atomic E-state index is 12.9. The molecule has 1 aliphatic rings. The second-order valence-corrected chi connectivity index (χ2v) is 6.86. The fourth-order valence-corrected chi connectivity index (χ4v) is 3.46. The van der Waals surface area contributed by atoms with Crippen molar-refractivity contribution in [2.45, 2.75) is 25.4 Å². The monoisotopic (exact) mass is 387 g/mol. The molecule has 0 aliphatic carbocycles. The molecule has 5 heteroatoms. The lowest BCUT2D eigenvalue weighted by molar-refractivity contribution is -0.135. The van der Waals surface area contributed by atoms with Gasteiger partial charge in [0.15, 0.2) is 11.4 Å². The third kappa shape index (κ3) is 2.78. The molecule has 1 amide bonds. The van der Waals surface area contributed by atoms with Crippen molar-refractivity contribution in [3.05, 3.63) is 64.1 Å². The summed E-state index contributed by atoms with van der Waals surface area (Å²) in [6.45, 7) is 2.48. The second kappa shape index (κ2) is 6.49. The fourth-order valence-electron chi connectivity index (χ4n) is 3.10. The quantitative estimate of drug-likeness (QED) is 0.796. The average molecular weight is 388 g/mol. The molecule has 3 rings (SSSR count). The topological polar surface area (TPSA) is 57.6 Å². The van der Waals surface area contributed by atoms with E-state index in [9.17, 15) is 14.7 Å². The van der Waals surface area contributed by atoms with Gasteiger partial charge in [-0.25, -0.2) is 0 Å². The molecule has 0 unspecified atom stereocenters. The summed E-state index contributed by atoms with van der Waals surface area (Å²) in [6, 6.07) is 14.1. The van der Waals surface area contributed by atoms with E-state index in [4.69, 9.17) is 0 Å². The molecular weight excluding hydrogens is 370 g/mol. The molecule has 0 bridgehead atoms. The predicted molar refractivity (Wildman–Crippen MR) is 96.1 cm³/mol. The number of hydrogen-bond donors (Lipinski definition) is 1. The van der Waals surface area contributed by atoms with E-state index in [1.54, 1.807) is 41.3 Å². The molecule has 0 radical (unpaired) electrons. The Morgan fingerprint density at radius 2 is 1.92 bits per heavy atom. The largest absolute Gasteiger partial charge is 0.375 e. The molecule has 2 aromatic rings. The van der Waals surface area contributed by atoms with Crippen LogP contribution in [0.25, 0.3) is 0 Å². The minimum atomic E-state index is -1.82. The number of rotatable bonds is 5. The summed E-state index contributed by atoms with van der Waals surface area (Å²) in [6.07, 6.45) is 0.503. The van der Waals surface area contributed by atoms with Crippen LogP contribution in [0.2, 0.25) is 0 Å². The fraction of sp³-hybridized carbons (Fsp3) is 0.263. The lowest BCUT2D eigenvalue weighted by Gasteiger charge is -2.22. The van der Waals surface area contributed by atoms with Crippen molar-refractivity contribution in [2.75, 3.05) is 11.4 Å². The summed E-state index contributed by atoms with van der Waals surface area (Å²) >= 11 is 3.38. The van der Waals surface area contributed by atoms with E-state index in [2.05, 4.69) is 15.9 Å². The van der Waals surface area contributed by atoms with Crippen LogP contribution in [0, 0.1) is 0 Å². The number of carbonyl (C=O) groups excluding carboxylic acids is 2. The number of fused-ring (bicyclic) bond motifs is 1. The zero-order chi connectivity index (χ0) is 17.3. The van der Waals surface area contributed by atoms with Crippen molar-refractivity contribution >= 4 is 33.3 Å². The van der Waals surface area contributed by atoms with Gasteiger partial charge in [-0.1, -0.05) is 53.2 Å². The first-order valence-corrected chi connectivity index (χ1v) is 8.69. The molecule has 1 N–H and O–H groups in total. The van der Waals surface area contributed by atoms with Crippen LogP contribution in [0.5, 0.6) is 0 Å². The van der Waals surface area contributed by atoms with Gasteiger partial charge in [-0.3, -0.25) is 9.59 Å². The number of amides is 1. The third-order valence-corrected chi connectivity index (χ3v) is 4.75. The molecule has 0 saturated carbocycles. The van der Waals surface area contributed by atoms with Crippen molar-refractivity contribution in [3.63, 3.8) is 0 Å². The average Bonchev–Trinajstić information content (AvgIpc) is 2.78. The van der Waals surface area contributed by atoms with Crippen LogP contribution >= 0.6 is 15.9 Å². The maximum Gasteiger partial charge on any atom is 0.264 e. The number of halogens is 1. The van der Waals surface area contributed by atoms with Crippen molar-refractivity contribution in [1.82, 2.24) is 0 Å².